The molecule has 0 bridgehead atoms. The van der Waals surface area contributed by atoms with E-state index in [1.807, 2.05) is 23.5 Å². The van der Waals surface area contributed by atoms with Gasteiger partial charge in [0.15, 0.2) is 0 Å². The first-order valence-electron chi connectivity index (χ1n) is 12.3. The Hall–Kier alpha value is -4.78. The van der Waals surface area contributed by atoms with Crippen LogP contribution in [0.4, 0.5) is 0 Å². The quantitative estimate of drug-likeness (QED) is 0.217. The molecule has 2 heterocycles. The van der Waals surface area contributed by atoms with Gasteiger partial charge in [0.05, 0.1) is 27.4 Å². The Labute approximate surface area is 216 Å². The summed E-state index contributed by atoms with van der Waals surface area (Å²) in [7, 11) is 0. The summed E-state index contributed by atoms with van der Waals surface area (Å²) in [5, 5.41) is 19.0. The van der Waals surface area contributed by atoms with Gasteiger partial charge in [-0.15, -0.1) is 11.3 Å². The van der Waals surface area contributed by atoms with Gasteiger partial charge in [0.25, 0.3) is 0 Å². The van der Waals surface area contributed by atoms with Crippen LogP contribution >= 0.6 is 11.3 Å². The lowest BCUT2D eigenvalue weighted by molar-refractivity contribution is 1.50. The molecule has 0 amide bonds. The third-order valence-electron chi connectivity index (χ3n) is 7.46. The maximum Gasteiger partial charge on any atom is 0.0991 e. The summed E-state index contributed by atoms with van der Waals surface area (Å²) in [5.74, 6) is 0. The molecule has 0 radical (unpaired) electrons. The molecule has 0 unspecified atom stereocenters. The van der Waals surface area contributed by atoms with Gasteiger partial charge >= 0.3 is 0 Å². The predicted octanol–water partition coefficient (Wildman–Crippen LogP) is 9.60. The number of para-hydroxylation sites is 1. The lowest BCUT2D eigenvalue weighted by atomic mass is 9.90. The van der Waals surface area contributed by atoms with E-state index in [2.05, 4.69) is 103 Å². The molecule has 2 aromatic heterocycles. The second kappa shape index (κ2) is 7.61. The van der Waals surface area contributed by atoms with E-state index in [-0.39, 0.29) is 0 Å². The normalized spacial score (nSPS) is 11.8. The zero-order valence-electron chi connectivity index (χ0n) is 19.7. The number of thiophene rings is 1. The van der Waals surface area contributed by atoms with E-state index in [0.29, 0.717) is 5.56 Å². The highest BCUT2D eigenvalue weighted by Crippen LogP contribution is 2.44. The third-order valence-corrected chi connectivity index (χ3v) is 8.63. The Balaban J connectivity index is 1.54. The van der Waals surface area contributed by atoms with Gasteiger partial charge in [-0.25, -0.2) is 4.98 Å². The van der Waals surface area contributed by atoms with Crippen molar-refractivity contribution >= 4 is 74.9 Å². The second-order valence-corrected chi connectivity index (χ2v) is 10.5. The van der Waals surface area contributed by atoms with Crippen molar-refractivity contribution in [1.82, 2.24) is 4.98 Å². The van der Waals surface area contributed by atoms with E-state index < -0.39 is 0 Å². The van der Waals surface area contributed by atoms with Crippen molar-refractivity contribution < 1.29 is 0 Å². The highest BCUT2D eigenvalue weighted by atomic mass is 32.1. The largest absolute Gasteiger partial charge is 0.246 e. The fourth-order valence-corrected chi connectivity index (χ4v) is 7.03. The third kappa shape index (κ3) is 2.88. The highest BCUT2D eigenvalue weighted by Gasteiger charge is 2.17. The minimum atomic E-state index is 0.684. The summed E-state index contributed by atoms with van der Waals surface area (Å²) in [4.78, 5) is 5.11. The smallest absolute Gasteiger partial charge is 0.0991 e. The molecule has 0 aliphatic carbocycles. The van der Waals surface area contributed by atoms with Crippen molar-refractivity contribution in [3.63, 3.8) is 0 Å². The molecule has 0 N–H and O–H groups in total. The van der Waals surface area contributed by atoms with E-state index in [1.54, 1.807) is 0 Å². The fourth-order valence-electron chi connectivity index (χ4n) is 5.81. The van der Waals surface area contributed by atoms with Gasteiger partial charge < -0.3 is 0 Å². The van der Waals surface area contributed by atoms with Crippen LogP contribution in [0.25, 0.3) is 74.6 Å². The van der Waals surface area contributed by atoms with Gasteiger partial charge in [-0.1, -0.05) is 78.9 Å². The first-order chi connectivity index (χ1) is 18.3. The molecule has 0 aliphatic heterocycles. The number of nitrogens with zero attached hydrogens (tertiary/aromatic N) is 2. The van der Waals surface area contributed by atoms with Crippen LogP contribution in [0.3, 0.4) is 0 Å². The molecular formula is C34H18N2S. The second-order valence-electron chi connectivity index (χ2n) is 9.46. The number of hydrogen-bond donors (Lipinski definition) is 0. The average molecular weight is 487 g/mol. The Morgan fingerprint density at radius 2 is 1.19 bits per heavy atom. The van der Waals surface area contributed by atoms with Crippen molar-refractivity contribution in [3.05, 3.63) is 115 Å². The first-order valence-corrected chi connectivity index (χ1v) is 13.1. The predicted molar refractivity (Wildman–Crippen MR) is 157 cm³/mol. The monoisotopic (exact) mass is 486 g/mol. The molecule has 3 heteroatoms. The van der Waals surface area contributed by atoms with Crippen LogP contribution in [0.15, 0.2) is 109 Å². The van der Waals surface area contributed by atoms with Crippen molar-refractivity contribution in [2.45, 2.75) is 0 Å². The molecule has 0 saturated carbocycles. The Morgan fingerprint density at radius 1 is 0.568 bits per heavy atom. The number of nitriles is 1. The molecule has 37 heavy (non-hydrogen) atoms. The van der Waals surface area contributed by atoms with Crippen molar-refractivity contribution in [3.8, 4) is 17.2 Å². The van der Waals surface area contributed by atoms with Crippen LogP contribution in [0.5, 0.6) is 0 Å². The zero-order valence-corrected chi connectivity index (χ0v) is 20.5. The minimum absolute atomic E-state index is 0.684. The van der Waals surface area contributed by atoms with Crippen molar-refractivity contribution in [2.24, 2.45) is 0 Å². The molecule has 0 spiro atoms. The molecule has 0 atom stereocenters. The summed E-state index contributed by atoms with van der Waals surface area (Å²) < 4.78 is 2.48. The van der Waals surface area contributed by atoms with Gasteiger partial charge in [0.1, 0.15) is 0 Å². The van der Waals surface area contributed by atoms with E-state index in [4.69, 9.17) is 4.98 Å². The van der Waals surface area contributed by atoms with Gasteiger partial charge in [-0.3, -0.25) is 0 Å². The van der Waals surface area contributed by atoms with E-state index in [1.165, 1.54) is 58.2 Å². The summed E-state index contributed by atoms with van der Waals surface area (Å²) in [6, 6.07) is 40.7. The van der Waals surface area contributed by atoms with Crippen LogP contribution in [-0.4, -0.2) is 4.98 Å². The van der Waals surface area contributed by atoms with E-state index in [0.717, 1.165) is 16.4 Å². The summed E-state index contributed by atoms with van der Waals surface area (Å²) in [5.41, 5.74) is 5.21. The van der Waals surface area contributed by atoms with Crippen LogP contribution in [-0.2, 0) is 0 Å². The van der Waals surface area contributed by atoms with Gasteiger partial charge in [0, 0.05) is 21.0 Å². The van der Waals surface area contributed by atoms with Gasteiger partial charge in [-0.05, 0) is 68.2 Å². The maximum absolute atomic E-state index is 9.52. The van der Waals surface area contributed by atoms with Crippen molar-refractivity contribution in [2.75, 3.05) is 0 Å². The maximum atomic E-state index is 9.52. The summed E-state index contributed by atoms with van der Waals surface area (Å²) >= 11 is 1.82. The van der Waals surface area contributed by atoms with Crippen LogP contribution in [0.2, 0.25) is 0 Å². The average Bonchev–Trinajstić information content (AvgIpc) is 3.33. The van der Waals surface area contributed by atoms with E-state index >= 15 is 0 Å². The molecule has 2 nitrogen and oxygen atoms in total. The fraction of sp³-hybridized carbons (Fsp3) is 0. The number of aromatic nitrogens is 1. The number of rotatable bonds is 1. The zero-order chi connectivity index (χ0) is 24.5. The Bertz CT molecular complexity index is 2250. The lowest BCUT2D eigenvalue weighted by Crippen LogP contribution is -1.89. The number of fused-ring (bicyclic) bond motifs is 10. The van der Waals surface area contributed by atoms with Crippen LogP contribution in [0, 0.1) is 11.3 Å². The molecular weight excluding hydrogens is 468 g/mol. The Morgan fingerprint density at radius 3 is 1.97 bits per heavy atom. The Kier molecular flexibility index (Phi) is 4.20. The molecule has 0 fully saturated rings. The number of benzene rings is 6. The molecule has 6 aromatic carbocycles. The highest BCUT2D eigenvalue weighted by molar-refractivity contribution is 7.26. The standard InChI is InChI=1S/C34H18N2S/c35-19-20-13-15-24-25-16-14-21(18-29(25)23-8-2-1-7-22(23)28(24)17-20)32-26-9-3-5-11-30(26)36-33-27-10-4-6-12-31(27)37-34(32)33/h1-18H. The minimum Gasteiger partial charge on any atom is -0.246 e. The van der Waals surface area contributed by atoms with Gasteiger partial charge in [-0.2, -0.15) is 5.26 Å². The first kappa shape index (κ1) is 20.4. The van der Waals surface area contributed by atoms with Crippen molar-refractivity contribution in [1.29, 1.82) is 5.26 Å². The van der Waals surface area contributed by atoms with E-state index in [9.17, 15) is 5.26 Å². The van der Waals surface area contributed by atoms with Crippen LogP contribution in [0.1, 0.15) is 5.56 Å². The molecule has 8 aromatic rings. The number of hydrogen-bond acceptors (Lipinski definition) is 3. The molecule has 0 saturated heterocycles. The molecule has 8 rings (SSSR count). The molecule has 0 aliphatic rings. The summed E-state index contributed by atoms with van der Waals surface area (Å²) in [6.45, 7) is 0. The van der Waals surface area contributed by atoms with Crippen LogP contribution < -0.4 is 0 Å². The summed E-state index contributed by atoms with van der Waals surface area (Å²) in [6.07, 6.45) is 0. The topological polar surface area (TPSA) is 36.7 Å². The van der Waals surface area contributed by atoms with Gasteiger partial charge in [0.2, 0.25) is 0 Å². The lowest BCUT2D eigenvalue weighted by Gasteiger charge is -2.14. The molecule has 170 valence electrons. The number of pyridine rings is 1. The SMILES string of the molecule is N#Cc1ccc2c3ccc(-c4c5ccccc5nc5c4sc4ccccc45)cc3c3ccccc3c2c1.